The predicted octanol–water partition coefficient (Wildman–Crippen LogP) is 1.89. The molecule has 7 nitrogen and oxygen atoms in total. The van der Waals surface area contributed by atoms with E-state index in [1.807, 2.05) is 18.7 Å². The van der Waals surface area contributed by atoms with Gasteiger partial charge in [-0.3, -0.25) is 9.58 Å². The normalized spacial score (nSPS) is 14.7. The molecule has 0 saturated heterocycles. The molecule has 0 unspecified atom stereocenters. The average Bonchev–Trinajstić information content (AvgIpc) is 3.15. The minimum Gasteiger partial charge on any atom is -0.476 e. The van der Waals surface area contributed by atoms with Gasteiger partial charge in [0.05, 0.1) is 12.2 Å². The first-order valence-electron chi connectivity index (χ1n) is 7.36. The molecule has 0 aromatic carbocycles. The lowest BCUT2D eigenvalue weighted by Crippen LogP contribution is -2.26. The van der Waals surface area contributed by atoms with Gasteiger partial charge in [0, 0.05) is 30.9 Å². The number of rotatable bonds is 6. The number of hydrogen-bond acceptors (Lipinski definition) is 5. The van der Waals surface area contributed by atoms with Crippen LogP contribution in [0.3, 0.4) is 0 Å². The van der Waals surface area contributed by atoms with Gasteiger partial charge in [-0.2, -0.15) is 5.10 Å². The van der Waals surface area contributed by atoms with Gasteiger partial charge in [-0.15, -0.1) is 0 Å². The molecule has 118 valence electrons. The Morgan fingerprint density at radius 3 is 2.68 bits per heavy atom. The molecule has 1 fully saturated rings. The summed E-state index contributed by atoms with van der Waals surface area (Å²) in [5.74, 6) is -0.615. The van der Waals surface area contributed by atoms with E-state index in [9.17, 15) is 4.79 Å². The van der Waals surface area contributed by atoms with E-state index in [0.717, 1.165) is 30.8 Å². The van der Waals surface area contributed by atoms with Crippen LogP contribution in [0.5, 0.6) is 0 Å². The number of aryl methyl sites for hydroxylation is 2. The van der Waals surface area contributed by atoms with Gasteiger partial charge in [0.25, 0.3) is 0 Å². The molecule has 1 aliphatic carbocycles. The monoisotopic (exact) mass is 304 g/mol. The summed E-state index contributed by atoms with van der Waals surface area (Å²) in [4.78, 5) is 17.2. The smallest absolute Gasteiger partial charge is 0.357 e. The Kier molecular flexibility index (Phi) is 3.74. The van der Waals surface area contributed by atoms with Crippen molar-refractivity contribution in [3.63, 3.8) is 0 Å². The van der Waals surface area contributed by atoms with Crippen molar-refractivity contribution in [3.05, 3.63) is 34.8 Å². The summed E-state index contributed by atoms with van der Waals surface area (Å²) in [5, 5.41) is 13.4. The highest BCUT2D eigenvalue weighted by Crippen LogP contribution is 2.30. The van der Waals surface area contributed by atoms with Gasteiger partial charge in [0.2, 0.25) is 5.89 Å². The highest BCUT2D eigenvalue weighted by molar-refractivity contribution is 5.84. The van der Waals surface area contributed by atoms with Crippen LogP contribution in [0, 0.1) is 13.8 Å². The second-order valence-electron chi connectivity index (χ2n) is 5.84. The van der Waals surface area contributed by atoms with Crippen LogP contribution in [0.25, 0.3) is 0 Å². The van der Waals surface area contributed by atoms with Crippen LogP contribution < -0.4 is 0 Å². The van der Waals surface area contributed by atoms with E-state index in [-0.39, 0.29) is 5.69 Å². The van der Waals surface area contributed by atoms with E-state index in [1.165, 1.54) is 11.8 Å². The van der Waals surface area contributed by atoms with E-state index < -0.39 is 5.97 Å². The summed E-state index contributed by atoms with van der Waals surface area (Å²) < 4.78 is 7.18. The van der Waals surface area contributed by atoms with Gasteiger partial charge in [0.15, 0.2) is 5.69 Å². The average molecular weight is 304 g/mol. The molecule has 1 saturated carbocycles. The van der Waals surface area contributed by atoms with Crippen LogP contribution in [-0.2, 0) is 20.1 Å². The fourth-order valence-electron chi connectivity index (χ4n) is 2.66. The molecule has 2 heterocycles. The molecular formula is C15H20N4O3. The standard InChI is InChI=1S/C15H20N4O3/c1-9-12(10(2)18(3)17-9)6-19(11-4-5-11)7-14-16-13(8-22-14)15(20)21/h8,11H,4-7H2,1-3H3,(H,20,21). The molecule has 2 aromatic heterocycles. The predicted molar refractivity (Wildman–Crippen MR) is 78.4 cm³/mol. The summed E-state index contributed by atoms with van der Waals surface area (Å²) in [5.41, 5.74) is 3.37. The fraction of sp³-hybridized carbons (Fsp3) is 0.533. The maximum Gasteiger partial charge on any atom is 0.357 e. The van der Waals surface area contributed by atoms with E-state index >= 15 is 0 Å². The number of nitrogens with zero attached hydrogens (tertiary/aromatic N) is 4. The highest BCUT2D eigenvalue weighted by atomic mass is 16.4. The number of hydrogen-bond donors (Lipinski definition) is 1. The molecule has 0 aliphatic heterocycles. The molecule has 0 atom stereocenters. The SMILES string of the molecule is Cc1nn(C)c(C)c1CN(Cc1nc(C(=O)O)co1)C1CC1. The third-order valence-corrected chi connectivity index (χ3v) is 4.19. The zero-order valence-electron chi connectivity index (χ0n) is 13.0. The Morgan fingerprint density at radius 1 is 1.45 bits per heavy atom. The lowest BCUT2D eigenvalue weighted by Gasteiger charge is -2.20. The van der Waals surface area contributed by atoms with E-state index in [4.69, 9.17) is 9.52 Å². The first kappa shape index (κ1) is 14.8. The van der Waals surface area contributed by atoms with Gasteiger partial charge in [-0.1, -0.05) is 0 Å². The van der Waals surface area contributed by atoms with Crippen molar-refractivity contribution in [1.29, 1.82) is 0 Å². The summed E-state index contributed by atoms with van der Waals surface area (Å²) in [6.07, 6.45) is 3.51. The van der Waals surface area contributed by atoms with Crippen molar-refractivity contribution in [1.82, 2.24) is 19.7 Å². The number of aromatic nitrogens is 3. The van der Waals surface area contributed by atoms with Gasteiger partial charge < -0.3 is 9.52 Å². The van der Waals surface area contributed by atoms with E-state index in [0.29, 0.717) is 18.5 Å². The number of carboxylic acid groups (broad SMARTS) is 1. The maximum atomic E-state index is 10.9. The second-order valence-corrected chi connectivity index (χ2v) is 5.84. The first-order chi connectivity index (χ1) is 10.5. The topological polar surface area (TPSA) is 84.4 Å². The first-order valence-corrected chi connectivity index (χ1v) is 7.36. The molecule has 3 rings (SSSR count). The Morgan fingerprint density at radius 2 is 2.18 bits per heavy atom. The van der Waals surface area contributed by atoms with E-state index in [2.05, 4.69) is 21.9 Å². The quantitative estimate of drug-likeness (QED) is 0.877. The van der Waals surface area contributed by atoms with Gasteiger partial charge in [-0.05, 0) is 26.7 Å². The van der Waals surface area contributed by atoms with E-state index in [1.54, 1.807) is 0 Å². The second kappa shape index (κ2) is 5.57. The number of carbonyl (C=O) groups is 1. The molecule has 1 N–H and O–H groups in total. The van der Waals surface area contributed by atoms with Crippen LogP contribution in [0.4, 0.5) is 0 Å². The maximum absolute atomic E-state index is 10.9. The molecule has 0 spiro atoms. The van der Waals surface area contributed by atoms with Crippen molar-refractivity contribution < 1.29 is 14.3 Å². The lowest BCUT2D eigenvalue weighted by molar-refractivity contribution is 0.0690. The highest BCUT2D eigenvalue weighted by Gasteiger charge is 2.31. The fourth-order valence-corrected chi connectivity index (χ4v) is 2.66. The number of aromatic carboxylic acids is 1. The molecule has 0 radical (unpaired) electrons. The molecular weight excluding hydrogens is 284 g/mol. The van der Waals surface area contributed by atoms with Gasteiger partial charge in [0.1, 0.15) is 6.26 Å². The van der Waals surface area contributed by atoms with Crippen molar-refractivity contribution in [3.8, 4) is 0 Å². The largest absolute Gasteiger partial charge is 0.476 e. The summed E-state index contributed by atoms with van der Waals surface area (Å²) in [6, 6.07) is 0.513. The van der Waals surface area contributed by atoms with Gasteiger partial charge in [-0.25, -0.2) is 9.78 Å². The minimum atomic E-state index is -1.06. The summed E-state index contributed by atoms with van der Waals surface area (Å²) >= 11 is 0. The van der Waals surface area contributed by atoms with Crippen molar-refractivity contribution in [2.45, 2.75) is 45.8 Å². The zero-order chi connectivity index (χ0) is 15.9. The van der Waals surface area contributed by atoms with Gasteiger partial charge >= 0.3 is 5.97 Å². The molecule has 0 bridgehead atoms. The summed E-state index contributed by atoms with van der Waals surface area (Å²) in [7, 11) is 1.94. The van der Waals surface area contributed by atoms with Crippen molar-refractivity contribution in [2.24, 2.45) is 7.05 Å². The Balaban J connectivity index is 1.76. The van der Waals surface area contributed by atoms with Crippen molar-refractivity contribution in [2.75, 3.05) is 0 Å². The molecule has 7 heteroatoms. The molecule has 0 amide bonds. The Bertz CT molecular complexity index is 700. The van der Waals surface area contributed by atoms with Crippen LogP contribution in [-0.4, -0.2) is 36.8 Å². The Labute approximate surface area is 128 Å². The minimum absolute atomic E-state index is 0.0421. The van der Waals surface area contributed by atoms with Crippen LogP contribution in [0.2, 0.25) is 0 Å². The third kappa shape index (κ3) is 2.89. The molecule has 22 heavy (non-hydrogen) atoms. The lowest BCUT2D eigenvalue weighted by atomic mass is 10.2. The zero-order valence-corrected chi connectivity index (χ0v) is 13.0. The summed E-state index contributed by atoms with van der Waals surface area (Å²) in [6.45, 7) is 5.38. The Hall–Kier alpha value is -2.15. The third-order valence-electron chi connectivity index (χ3n) is 4.19. The van der Waals surface area contributed by atoms with Crippen molar-refractivity contribution >= 4 is 5.97 Å². The molecule has 1 aliphatic rings. The van der Waals surface area contributed by atoms with Crippen LogP contribution in [0.15, 0.2) is 10.7 Å². The number of oxazole rings is 1. The van der Waals surface area contributed by atoms with Crippen LogP contribution >= 0.6 is 0 Å². The van der Waals surface area contributed by atoms with Crippen LogP contribution in [0.1, 0.15) is 46.2 Å². The number of carboxylic acids is 1. The molecule has 2 aromatic rings.